The van der Waals surface area contributed by atoms with Crippen LogP contribution in [0.25, 0.3) is 0 Å². The van der Waals surface area contributed by atoms with Gasteiger partial charge < -0.3 is 10.6 Å². The van der Waals surface area contributed by atoms with Crippen LogP contribution in [0.15, 0.2) is 0 Å². The highest BCUT2D eigenvalue weighted by molar-refractivity contribution is 5.51. The third-order valence-electron chi connectivity index (χ3n) is 2.04. The van der Waals surface area contributed by atoms with Crippen LogP contribution in [0.5, 0.6) is 0 Å². The third kappa shape index (κ3) is 2.03. The molecule has 0 saturated carbocycles. The van der Waals surface area contributed by atoms with Gasteiger partial charge in [0, 0.05) is 6.54 Å². The molecule has 1 aromatic heterocycles. The SMILES string of the molecule is Cc1nn(CCN(C)C)c(N)c1C#N. The van der Waals surface area contributed by atoms with E-state index in [1.54, 1.807) is 11.6 Å². The monoisotopic (exact) mass is 193 g/mol. The van der Waals surface area contributed by atoms with E-state index in [1.165, 1.54) is 0 Å². The lowest BCUT2D eigenvalue weighted by Gasteiger charge is -2.09. The first-order chi connectivity index (χ1) is 6.56. The topological polar surface area (TPSA) is 70.9 Å². The molecule has 1 rings (SSSR count). The van der Waals surface area contributed by atoms with Gasteiger partial charge in [0.05, 0.1) is 12.2 Å². The van der Waals surface area contributed by atoms with E-state index in [9.17, 15) is 0 Å². The van der Waals surface area contributed by atoms with E-state index >= 15 is 0 Å². The average molecular weight is 193 g/mol. The van der Waals surface area contributed by atoms with Gasteiger partial charge in [0.25, 0.3) is 0 Å². The smallest absolute Gasteiger partial charge is 0.140 e. The summed E-state index contributed by atoms with van der Waals surface area (Å²) >= 11 is 0. The zero-order valence-electron chi connectivity index (χ0n) is 8.78. The van der Waals surface area contributed by atoms with Gasteiger partial charge in [-0.15, -0.1) is 0 Å². The average Bonchev–Trinajstić information content (AvgIpc) is 2.38. The summed E-state index contributed by atoms with van der Waals surface area (Å²) in [6, 6.07) is 2.05. The lowest BCUT2D eigenvalue weighted by atomic mass is 10.3. The molecule has 0 aliphatic carbocycles. The second-order valence-electron chi connectivity index (χ2n) is 3.48. The van der Waals surface area contributed by atoms with Crippen LogP contribution in [-0.4, -0.2) is 35.3 Å². The van der Waals surface area contributed by atoms with E-state index in [0.29, 0.717) is 23.6 Å². The molecule has 0 spiro atoms. The lowest BCUT2D eigenvalue weighted by molar-refractivity contribution is 0.374. The molecule has 14 heavy (non-hydrogen) atoms. The van der Waals surface area contributed by atoms with Crippen molar-refractivity contribution in [2.75, 3.05) is 26.4 Å². The summed E-state index contributed by atoms with van der Waals surface area (Å²) < 4.78 is 1.67. The first-order valence-corrected chi connectivity index (χ1v) is 4.44. The van der Waals surface area contributed by atoms with Crippen molar-refractivity contribution in [1.82, 2.24) is 14.7 Å². The van der Waals surface area contributed by atoms with Gasteiger partial charge in [0.2, 0.25) is 0 Å². The molecule has 0 bridgehead atoms. The molecule has 0 saturated heterocycles. The van der Waals surface area contributed by atoms with E-state index in [1.807, 2.05) is 25.1 Å². The van der Waals surface area contributed by atoms with E-state index in [0.717, 1.165) is 6.54 Å². The Labute approximate surface area is 83.7 Å². The van der Waals surface area contributed by atoms with Crippen molar-refractivity contribution in [2.24, 2.45) is 0 Å². The van der Waals surface area contributed by atoms with Gasteiger partial charge in [-0.25, -0.2) is 4.68 Å². The predicted octanol–water partition coefficient (Wildman–Crippen LogP) is 0.207. The fourth-order valence-electron chi connectivity index (χ4n) is 1.20. The molecule has 0 unspecified atom stereocenters. The van der Waals surface area contributed by atoms with Crippen LogP contribution in [0.3, 0.4) is 0 Å². The summed E-state index contributed by atoms with van der Waals surface area (Å²) in [5.74, 6) is 0.465. The van der Waals surface area contributed by atoms with Crippen molar-refractivity contribution in [3.63, 3.8) is 0 Å². The summed E-state index contributed by atoms with van der Waals surface area (Å²) in [6.07, 6.45) is 0. The molecule has 0 radical (unpaired) electrons. The molecule has 0 atom stereocenters. The number of anilines is 1. The van der Waals surface area contributed by atoms with Crippen molar-refractivity contribution in [3.05, 3.63) is 11.3 Å². The van der Waals surface area contributed by atoms with E-state index in [4.69, 9.17) is 11.0 Å². The molecule has 2 N–H and O–H groups in total. The van der Waals surface area contributed by atoms with Gasteiger partial charge in [-0.2, -0.15) is 10.4 Å². The Hall–Kier alpha value is -1.54. The zero-order chi connectivity index (χ0) is 10.7. The number of nitriles is 1. The number of nitrogens with two attached hydrogens (primary N) is 1. The molecule has 0 amide bonds. The van der Waals surface area contributed by atoms with E-state index in [-0.39, 0.29) is 0 Å². The number of aryl methyl sites for hydroxylation is 1. The highest BCUT2D eigenvalue weighted by Gasteiger charge is 2.11. The minimum atomic E-state index is 0.465. The molecule has 5 nitrogen and oxygen atoms in total. The van der Waals surface area contributed by atoms with Crippen molar-refractivity contribution in [3.8, 4) is 6.07 Å². The third-order valence-corrected chi connectivity index (χ3v) is 2.04. The van der Waals surface area contributed by atoms with Gasteiger partial charge in [0.15, 0.2) is 0 Å². The standard InChI is InChI=1S/C9H15N5/c1-7-8(6-10)9(11)14(12-7)5-4-13(2)3/h4-5,11H2,1-3H3. The summed E-state index contributed by atoms with van der Waals surface area (Å²) in [6.45, 7) is 3.36. The molecule has 76 valence electrons. The van der Waals surface area contributed by atoms with Crippen LogP contribution in [-0.2, 0) is 6.54 Å². The lowest BCUT2D eigenvalue weighted by Crippen LogP contribution is -2.20. The molecule has 0 aliphatic heterocycles. The minimum absolute atomic E-state index is 0.465. The Morgan fingerprint density at radius 1 is 1.57 bits per heavy atom. The number of hydrogen-bond acceptors (Lipinski definition) is 4. The van der Waals surface area contributed by atoms with Crippen molar-refractivity contribution >= 4 is 5.82 Å². The predicted molar refractivity (Wildman–Crippen MR) is 54.6 cm³/mol. The van der Waals surface area contributed by atoms with Crippen LogP contribution in [0.1, 0.15) is 11.3 Å². The fraction of sp³-hybridized carbons (Fsp3) is 0.556. The second kappa shape index (κ2) is 4.11. The first-order valence-electron chi connectivity index (χ1n) is 4.44. The maximum absolute atomic E-state index is 8.80. The van der Waals surface area contributed by atoms with Crippen LogP contribution in [0.4, 0.5) is 5.82 Å². The summed E-state index contributed by atoms with van der Waals surface area (Å²) in [5, 5.41) is 13.0. The number of nitrogen functional groups attached to an aromatic ring is 1. The Morgan fingerprint density at radius 3 is 2.64 bits per heavy atom. The van der Waals surface area contributed by atoms with E-state index in [2.05, 4.69) is 5.10 Å². The number of aromatic nitrogens is 2. The van der Waals surface area contributed by atoms with Gasteiger partial charge in [-0.3, -0.25) is 0 Å². The summed E-state index contributed by atoms with van der Waals surface area (Å²) in [7, 11) is 3.97. The molecule has 0 aromatic carbocycles. The van der Waals surface area contributed by atoms with Gasteiger partial charge in [-0.1, -0.05) is 0 Å². The number of likely N-dealkylation sites (N-methyl/N-ethyl adjacent to an activating group) is 1. The Kier molecular flexibility index (Phi) is 3.10. The number of nitrogens with zero attached hydrogens (tertiary/aromatic N) is 4. The summed E-state index contributed by atoms with van der Waals surface area (Å²) in [4.78, 5) is 2.04. The largest absolute Gasteiger partial charge is 0.383 e. The first kappa shape index (κ1) is 10.5. The van der Waals surface area contributed by atoms with Crippen LogP contribution < -0.4 is 5.73 Å². The Morgan fingerprint density at radius 2 is 2.21 bits per heavy atom. The molecular formula is C9H15N5. The fourth-order valence-corrected chi connectivity index (χ4v) is 1.20. The minimum Gasteiger partial charge on any atom is -0.383 e. The second-order valence-corrected chi connectivity index (χ2v) is 3.48. The van der Waals surface area contributed by atoms with Gasteiger partial charge >= 0.3 is 0 Å². The maximum Gasteiger partial charge on any atom is 0.140 e. The highest BCUT2D eigenvalue weighted by atomic mass is 15.3. The van der Waals surface area contributed by atoms with E-state index < -0.39 is 0 Å². The van der Waals surface area contributed by atoms with Gasteiger partial charge in [0.1, 0.15) is 17.5 Å². The van der Waals surface area contributed by atoms with Crippen LogP contribution in [0.2, 0.25) is 0 Å². The zero-order valence-corrected chi connectivity index (χ0v) is 8.78. The van der Waals surface area contributed by atoms with Crippen molar-refractivity contribution in [1.29, 1.82) is 5.26 Å². The van der Waals surface area contributed by atoms with Crippen LogP contribution >= 0.6 is 0 Å². The summed E-state index contributed by atoms with van der Waals surface area (Å²) in [5.41, 5.74) is 6.95. The number of rotatable bonds is 3. The molecule has 1 aromatic rings. The molecule has 1 heterocycles. The normalized spacial score (nSPS) is 10.5. The van der Waals surface area contributed by atoms with Crippen molar-refractivity contribution < 1.29 is 0 Å². The Balaban J connectivity index is 2.85. The molecular weight excluding hydrogens is 178 g/mol. The Bertz CT molecular complexity index is 358. The van der Waals surface area contributed by atoms with Crippen molar-refractivity contribution in [2.45, 2.75) is 13.5 Å². The molecule has 0 fully saturated rings. The molecule has 5 heteroatoms. The quantitative estimate of drug-likeness (QED) is 0.744. The van der Waals surface area contributed by atoms with Crippen LogP contribution in [0, 0.1) is 18.3 Å². The number of hydrogen-bond donors (Lipinski definition) is 1. The van der Waals surface area contributed by atoms with Gasteiger partial charge in [-0.05, 0) is 21.0 Å². The molecule has 0 aliphatic rings. The highest BCUT2D eigenvalue weighted by Crippen LogP contribution is 2.14. The maximum atomic E-state index is 8.80.